The van der Waals surface area contributed by atoms with Gasteiger partial charge >= 0.3 is 0 Å². The molecule has 2 aromatic carbocycles. The van der Waals surface area contributed by atoms with Gasteiger partial charge in [-0.05, 0) is 12.1 Å². The van der Waals surface area contributed by atoms with Crippen LogP contribution in [0.3, 0.4) is 0 Å². The summed E-state index contributed by atoms with van der Waals surface area (Å²) in [6, 6.07) is 16.2. The van der Waals surface area contributed by atoms with E-state index in [0.29, 0.717) is 24.5 Å². The highest BCUT2D eigenvalue weighted by Gasteiger charge is 2.12. The van der Waals surface area contributed by atoms with Crippen LogP contribution in [0.4, 0.5) is 10.1 Å². The zero-order valence-corrected chi connectivity index (χ0v) is 12.5. The van der Waals surface area contributed by atoms with Crippen molar-refractivity contribution in [3.63, 3.8) is 0 Å². The average molecular weight is 308 g/mol. The maximum atomic E-state index is 14.0. The molecule has 3 aromatic rings. The van der Waals surface area contributed by atoms with E-state index in [1.54, 1.807) is 24.4 Å². The summed E-state index contributed by atoms with van der Waals surface area (Å²) >= 11 is 0. The number of nitrogens with one attached hydrogen (secondary N) is 1. The number of nitrogens with two attached hydrogens (primary N) is 1. The normalized spacial score (nSPS) is 10.5. The monoisotopic (exact) mass is 308 g/mol. The molecule has 1 heterocycles. The molecule has 0 fully saturated rings. The Morgan fingerprint density at radius 1 is 1.00 bits per heavy atom. The predicted octanol–water partition coefficient (Wildman–Crippen LogP) is 3.32. The highest BCUT2D eigenvalue weighted by molar-refractivity contribution is 5.75. The van der Waals surface area contributed by atoms with Crippen LogP contribution in [0.1, 0.15) is 0 Å². The molecule has 0 bridgehead atoms. The van der Waals surface area contributed by atoms with Crippen molar-refractivity contribution in [2.24, 2.45) is 5.73 Å². The standard InChI is InChI=1S/C18H17FN4/c19-15-9-5-4-8-14(15)18-22-12-16(21-11-10-20)17(23-18)13-6-2-1-3-7-13/h1-9,12,21H,10-11,20H2. The molecule has 4 nitrogen and oxygen atoms in total. The quantitative estimate of drug-likeness (QED) is 0.759. The summed E-state index contributed by atoms with van der Waals surface area (Å²) in [5.41, 5.74) is 8.38. The van der Waals surface area contributed by atoms with E-state index < -0.39 is 0 Å². The second kappa shape index (κ2) is 6.98. The molecule has 0 aliphatic carbocycles. The number of hydrogen-bond donors (Lipinski definition) is 2. The van der Waals surface area contributed by atoms with Crippen LogP contribution in [0.5, 0.6) is 0 Å². The molecule has 116 valence electrons. The highest BCUT2D eigenvalue weighted by atomic mass is 19.1. The molecular weight excluding hydrogens is 291 g/mol. The molecule has 0 amide bonds. The van der Waals surface area contributed by atoms with Crippen molar-refractivity contribution in [3.05, 3.63) is 66.6 Å². The van der Waals surface area contributed by atoms with Crippen molar-refractivity contribution in [2.75, 3.05) is 18.4 Å². The van der Waals surface area contributed by atoms with E-state index in [4.69, 9.17) is 5.73 Å². The van der Waals surface area contributed by atoms with Crippen LogP contribution < -0.4 is 11.1 Å². The molecule has 0 saturated carbocycles. The molecule has 3 N–H and O–H groups in total. The maximum absolute atomic E-state index is 14.0. The van der Waals surface area contributed by atoms with Crippen molar-refractivity contribution < 1.29 is 4.39 Å². The van der Waals surface area contributed by atoms with Gasteiger partial charge in [0.1, 0.15) is 5.82 Å². The van der Waals surface area contributed by atoms with Crippen LogP contribution in [-0.2, 0) is 0 Å². The molecule has 1 aromatic heterocycles. The van der Waals surface area contributed by atoms with Crippen LogP contribution in [0.25, 0.3) is 22.6 Å². The molecular formula is C18H17FN4. The minimum Gasteiger partial charge on any atom is -0.381 e. The molecule has 0 aliphatic heterocycles. The second-order valence-corrected chi connectivity index (χ2v) is 5.02. The first-order valence-corrected chi connectivity index (χ1v) is 7.41. The SMILES string of the molecule is NCCNc1cnc(-c2ccccc2F)nc1-c1ccccc1. The minimum absolute atomic E-state index is 0.339. The molecule has 3 rings (SSSR count). The van der Waals surface area contributed by atoms with E-state index in [1.807, 2.05) is 30.3 Å². The number of anilines is 1. The van der Waals surface area contributed by atoms with Gasteiger partial charge in [-0.15, -0.1) is 0 Å². The molecule has 0 saturated heterocycles. The number of rotatable bonds is 5. The van der Waals surface area contributed by atoms with E-state index in [9.17, 15) is 4.39 Å². The smallest absolute Gasteiger partial charge is 0.162 e. The van der Waals surface area contributed by atoms with Gasteiger partial charge in [0.25, 0.3) is 0 Å². The Bertz CT molecular complexity index is 790. The summed E-state index contributed by atoms with van der Waals surface area (Å²) in [4.78, 5) is 8.87. The average Bonchev–Trinajstić information content (AvgIpc) is 2.61. The Kier molecular flexibility index (Phi) is 4.59. The lowest BCUT2D eigenvalue weighted by atomic mass is 10.1. The lowest BCUT2D eigenvalue weighted by Crippen LogP contribution is -2.14. The summed E-state index contributed by atoms with van der Waals surface area (Å²) < 4.78 is 14.0. The number of benzene rings is 2. The second-order valence-electron chi connectivity index (χ2n) is 5.02. The first-order chi connectivity index (χ1) is 11.3. The lowest BCUT2D eigenvalue weighted by molar-refractivity contribution is 0.630. The van der Waals surface area contributed by atoms with Gasteiger partial charge in [0.05, 0.1) is 23.1 Å². The fourth-order valence-electron chi connectivity index (χ4n) is 2.31. The van der Waals surface area contributed by atoms with Gasteiger partial charge in [-0.2, -0.15) is 0 Å². The fourth-order valence-corrected chi connectivity index (χ4v) is 2.31. The Morgan fingerprint density at radius 3 is 2.48 bits per heavy atom. The molecule has 23 heavy (non-hydrogen) atoms. The summed E-state index contributed by atoms with van der Waals surface area (Å²) in [6.07, 6.45) is 1.67. The van der Waals surface area contributed by atoms with Crippen molar-refractivity contribution in [2.45, 2.75) is 0 Å². The number of aromatic nitrogens is 2. The van der Waals surface area contributed by atoms with Gasteiger partial charge < -0.3 is 11.1 Å². The van der Waals surface area contributed by atoms with Crippen LogP contribution in [0.15, 0.2) is 60.8 Å². The molecule has 0 radical (unpaired) electrons. The van der Waals surface area contributed by atoms with Gasteiger partial charge in [-0.25, -0.2) is 14.4 Å². The zero-order chi connectivity index (χ0) is 16.1. The van der Waals surface area contributed by atoms with Crippen molar-refractivity contribution in [1.29, 1.82) is 0 Å². The Hall–Kier alpha value is -2.79. The molecule has 5 heteroatoms. The van der Waals surface area contributed by atoms with Crippen LogP contribution in [0, 0.1) is 5.82 Å². The predicted molar refractivity (Wildman–Crippen MR) is 90.4 cm³/mol. The molecule has 0 unspecified atom stereocenters. The van der Waals surface area contributed by atoms with Gasteiger partial charge in [-0.1, -0.05) is 42.5 Å². The van der Waals surface area contributed by atoms with Gasteiger partial charge in [-0.3, -0.25) is 0 Å². The first kappa shape index (κ1) is 15.1. The summed E-state index contributed by atoms with van der Waals surface area (Å²) in [5, 5.41) is 3.21. The van der Waals surface area contributed by atoms with Crippen molar-refractivity contribution >= 4 is 5.69 Å². The van der Waals surface area contributed by atoms with Gasteiger partial charge in [0, 0.05) is 18.7 Å². The third kappa shape index (κ3) is 3.35. The first-order valence-electron chi connectivity index (χ1n) is 7.41. The third-order valence-electron chi connectivity index (χ3n) is 3.41. The van der Waals surface area contributed by atoms with E-state index in [2.05, 4.69) is 15.3 Å². The van der Waals surface area contributed by atoms with E-state index in [0.717, 1.165) is 16.9 Å². The zero-order valence-electron chi connectivity index (χ0n) is 12.5. The Balaban J connectivity index is 2.10. The summed E-state index contributed by atoms with van der Waals surface area (Å²) in [5.74, 6) is 0.0226. The maximum Gasteiger partial charge on any atom is 0.162 e. The number of nitrogens with zero attached hydrogens (tertiary/aromatic N) is 2. The van der Waals surface area contributed by atoms with Gasteiger partial charge in [0.2, 0.25) is 0 Å². The largest absolute Gasteiger partial charge is 0.381 e. The molecule has 0 aliphatic rings. The van der Waals surface area contributed by atoms with Crippen molar-refractivity contribution in [1.82, 2.24) is 9.97 Å². The summed E-state index contributed by atoms with van der Waals surface area (Å²) in [7, 11) is 0. The lowest BCUT2D eigenvalue weighted by Gasteiger charge is -2.12. The van der Waals surface area contributed by atoms with Crippen LogP contribution >= 0.6 is 0 Å². The molecule has 0 atom stereocenters. The van der Waals surface area contributed by atoms with Crippen molar-refractivity contribution in [3.8, 4) is 22.6 Å². The third-order valence-corrected chi connectivity index (χ3v) is 3.41. The Morgan fingerprint density at radius 2 is 1.74 bits per heavy atom. The minimum atomic E-state index is -0.339. The highest BCUT2D eigenvalue weighted by Crippen LogP contribution is 2.28. The fraction of sp³-hybridized carbons (Fsp3) is 0.111. The number of halogens is 1. The number of hydrogen-bond acceptors (Lipinski definition) is 4. The summed E-state index contributed by atoms with van der Waals surface area (Å²) in [6.45, 7) is 1.12. The molecule has 0 spiro atoms. The van der Waals surface area contributed by atoms with E-state index in [1.165, 1.54) is 6.07 Å². The Labute approximate surface area is 134 Å². The van der Waals surface area contributed by atoms with Crippen LogP contribution in [-0.4, -0.2) is 23.1 Å². The van der Waals surface area contributed by atoms with E-state index >= 15 is 0 Å². The van der Waals surface area contributed by atoms with Crippen LogP contribution in [0.2, 0.25) is 0 Å². The van der Waals surface area contributed by atoms with Gasteiger partial charge in [0.15, 0.2) is 5.82 Å². The van der Waals surface area contributed by atoms with E-state index in [-0.39, 0.29) is 5.82 Å². The topological polar surface area (TPSA) is 63.8 Å².